The minimum Gasteiger partial charge on any atom is -0.887 e. The lowest BCUT2D eigenvalue weighted by atomic mass is 9.99. The van der Waals surface area contributed by atoms with Crippen LogP contribution in [-0.2, 0) is 0 Å². The maximum atomic E-state index is 11.3. The Bertz CT molecular complexity index is 205. The first-order chi connectivity index (χ1) is 5.22. The van der Waals surface area contributed by atoms with E-state index in [-0.39, 0.29) is 5.76 Å². The second-order valence-electron chi connectivity index (χ2n) is 2.70. The minimum absolute atomic E-state index is 0.130. The van der Waals surface area contributed by atoms with Gasteiger partial charge in [0.05, 0.1) is 0 Å². The van der Waals surface area contributed by atoms with E-state index in [4.69, 9.17) is 0 Å². The molecule has 1 rings (SSSR count). The molecule has 0 saturated heterocycles. The van der Waals surface area contributed by atoms with Gasteiger partial charge in [0.2, 0.25) is 0 Å². The molecule has 1 nitrogen and oxygen atoms in total. The fourth-order valence-corrected chi connectivity index (χ4v) is 0.878. The van der Waals surface area contributed by atoms with Crippen LogP contribution in [0.25, 0.3) is 0 Å². The van der Waals surface area contributed by atoms with Crippen molar-refractivity contribution >= 4 is 0 Å². The van der Waals surface area contributed by atoms with E-state index in [2.05, 4.69) is 0 Å². The molecular weight excluding hydrogens is 136 g/mol. The SMILES string of the molecule is CC(C)=C([O-])[C-]1C=C[CH-]C=C1. The van der Waals surface area contributed by atoms with E-state index < -0.39 is 0 Å². The molecular formula is C10H11O-3. The van der Waals surface area contributed by atoms with Gasteiger partial charge in [0.15, 0.2) is 0 Å². The highest BCUT2D eigenvalue weighted by molar-refractivity contribution is 5.43. The van der Waals surface area contributed by atoms with Crippen molar-refractivity contribution in [1.29, 1.82) is 0 Å². The summed E-state index contributed by atoms with van der Waals surface area (Å²) in [6.45, 7) is 3.66. The number of allylic oxidation sites excluding steroid dienone is 4. The number of hydrogen-bond acceptors (Lipinski definition) is 1. The molecule has 0 radical (unpaired) electrons. The molecule has 0 unspecified atom stereocenters. The maximum absolute atomic E-state index is 11.3. The summed E-state index contributed by atoms with van der Waals surface area (Å²) in [5, 5.41) is 11.3. The Kier molecular flexibility index (Phi) is 2.32. The molecule has 0 aromatic rings. The molecule has 1 heteroatoms. The van der Waals surface area contributed by atoms with Gasteiger partial charge in [-0.25, -0.2) is 23.8 Å². The summed E-state index contributed by atoms with van der Waals surface area (Å²) in [5.74, 6) is 0.901. The van der Waals surface area contributed by atoms with Crippen LogP contribution in [0.2, 0.25) is 0 Å². The molecule has 0 N–H and O–H groups in total. The van der Waals surface area contributed by atoms with E-state index in [0.717, 1.165) is 11.5 Å². The Balaban J connectivity index is 2.75. The quantitative estimate of drug-likeness (QED) is 0.407. The summed E-state index contributed by atoms with van der Waals surface area (Å²) in [6.07, 6.45) is 9.30. The van der Waals surface area contributed by atoms with Crippen molar-refractivity contribution < 1.29 is 5.11 Å². The Hall–Kier alpha value is -1.24. The van der Waals surface area contributed by atoms with Crippen LogP contribution in [0.5, 0.6) is 0 Å². The molecule has 0 fully saturated rings. The Morgan fingerprint density at radius 2 is 1.82 bits per heavy atom. The molecule has 0 amide bonds. The molecule has 1 aliphatic rings. The van der Waals surface area contributed by atoms with Crippen LogP contribution in [0.3, 0.4) is 0 Å². The molecule has 0 aromatic heterocycles. The van der Waals surface area contributed by atoms with Gasteiger partial charge in [-0.1, -0.05) is 13.8 Å². The monoisotopic (exact) mass is 147 g/mol. The molecule has 0 aromatic carbocycles. The lowest BCUT2D eigenvalue weighted by Gasteiger charge is -2.35. The van der Waals surface area contributed by atoms with Crippen molar-refractivity contribution in [3.8, 4) is 0 Å². The van der Waals surface area contributed by atoms with E-state index >= 15 is 0 Å². The zero-order valence-electron chi connectivity index (χ0n) is 6.79. The topological polar surface area (TPSA) is 23.1 Å². The molecule has 0 saturated carbocycles. The van der Waals surface area contributed by atoms with Crippen molar-refractivity contribution in [1.82, 2.24) is 0 Å². The van der Waals surface area contributed by atoms with Gasteiger partial charge in [0.1, 0.15) is 0 Å². The summed E-state index contributed by atoms with van der Waals surface area (Å²) >= 11 is 0. The standard InChI is InChI=1S/C10H12O/c1-8(2)10(11)9-6-4-3-5-7-9/h3-7,11H,1-2H3/q-2/p-1. The molecule has 0 heterocycles. The molecule has 11 heavy (non-hydrogen) atoms. The van der Waals surface area contributed by atoms with Crippen molar-refractivity contribution in [2.45, 2.75) is 13.8 Å². The first kappa shape index (κ1) is 7.86. The zero-order chi connectivity index (χ0) is 8.27. The van der Waals surface area contributed by atoms with Crippen LogP contribution >= 0.6 is 0 Å². The predicted octanol–water partition coefficient (Wildman–Crippen LogP) is 1.55. The summed E-state index contributed by atoms with van der Waals surface area (Å²) in [7, 11) is 0. The highest BCUT2D eigenvalue weighted by Gasteiger charge is 1.85. The van der Waals surface area contributed by atoms with E-state index in [1.807, 2.05) is 44.6 Å². The molecule has 0 bridgehead atoms. The third kappa shape index (κ3) is 1.84. The van der Waals surface area contributed by atoms with Crippen molar-refractivity contribution in [3.63, 3.8) is 0 Å². The normalized spacial score (nSPS) is 14.5. The minimum atomic E-state index is 0.130. The summed E-state index contributed by atoms with van der Waals surface area (Å²) < 4.78 is 0. The summed E-state index contributed by atoms with van der Waals surface area (Å²) in [5.41, 5.74) is 0.830. The second-order valence-corrected chi connectivity index (χ2v) is 2.70. The Labute approximate surface area is 67.7 Å². The van der Waals surface area contributed by atoms with Gasteiger partial charge < -0.3 is 5.11 Å². The third-order valence-electron chi connectivity index (χ3n) is 1.49. The first-order valence-corrected chi connectivity index (χ1v) is 3.61. The van der Waals surface area contributed by atoms with Gasteiger partial charge in [0, 0.05) is 0 Å². The van der Waals surface area contributed by atoms with Crippen molar-refractivity contribution in [3.05, 3.63) is 48.0 Å². The van der Waals surface area contributed by atoms with Gasteiger partial charge in [-0.05, 0) is 0 Å². The highest BCUT2D eigenvalue weighted by atomic mass is 16.3. The van der Waals surface area contributed by atoms with E-state index in [1.54, 1.807) is 0 Å². The van der Waals surface area contributed by atoms with E-state index in [1.165, 1.54) is 0 Å². The van der Waals surface area contributed by atoms with Crippen LogP contribution in [0.1, 0.15) is 13.8 Å². The average molecular weight is 147 g/mol. The molecule has 0 atom stereocenters. The second kappa shape index (κ2) is 3.24. The van der Waals surface area contributed by atoms with Crippen LogP contribution in [0.15, 0.2) is 35.6 Å². The van der Waals surface area contributed by atoms with Crippen LogP contribution < -0.4 is 5.11 Å². The molecule has 60 valence electrons. The third-order valence-corrected chi connectivity index (χ3v) is 1.49. The largest absolute Gasteiger partial charge is 0.887 e. The molecule has 1 aliphatic carbocycles. The lowest BCUT2D eigenvalue weighted by molar-refractivity contribution is -0.301. The van der Waals surface area contributed by atoms with E-state index in [9.17, 15) is 5.11 Å². The highest BCUT2D eigenvalue weighted by Crippen LogP contribution is 2.18. The predicted molar refractivity (Wildman–Crippen MR) is 44.2 cm³/mol. The fraction of sp³-hybridized carbons (Fsp3) is 0.200. The van der Waals surface area contributed by atoms with Gasteiger partial charge in [0.25, 0.3) is 0 Å². The zero-order valence-corrected chi connectivity index (χ0v) is 6.79. The lowest BCUT2D eigenvalue weighted by Crippen LogP contribution is -2.13. The Morgan fingerprint density at radius 1 is 1.27 bits per heavy atom. The fourth-order valence-electron chi connectivity index (χ4n) is 0.878. The first-order valence-electron chi connectivity index (χ1n) is 3.61. The Morgan fingerprint density at radius 3 is 2.27 bits per heavy atom. The van der Waals surface area contributed by atoms with Gasteiger partial charge in [-0.15, -0.1) is 0 Å². The molecule has 0 spiro atoms. The number of rotatable bonds is 1. The molecule has 0 aliphatic heterocycles. The number of hydrogen-bond donors (Lipinski definition) is 0. The summed E-state index contributed by atoms with van der Waals surface area (Å²) in [4.78, 5) is 0. The van der Waals surface area contributed by atoms with Crippen molar-refractivity contribution in [2.24, 2.45) is 0 Å². The van der Waals surface area contributed by atoms with Crippen molar-refractivity contribution in [2.75, 3.05) is 0 Å². The van der Waals surface area contributed by atoms with Gasteiger partial charge in [-0.2, -0.15) is 5.57 Å². The van der Waals surface area contributed by atoms with Gasteiger partial charge >= 0.3 is 0 Å². The van der Waals surface area contributed by atoms with E-state index in [0.29, 0.717) is 0 Å². The summed E-state index contributed by atoms with van der Waals surface area (Å²) in [6, 6.07) is 0. The van der Waals surface area contributed by atoms with Crippen LogP contribution in [0.4, 0.5) is 0 Å². The van der Waals surface area contributed by atoms with Crippen LogP contribution in [-0.4, -0.2) is 0 Å². The smallest absolute Gasteiger partial charge is 0.0784 e. The average Bonchev–Trinajstić information content (AvgIpc) is 2.05. The van der Waals surface area contributed by atoms with Gasteiger partial charge in [-0.3, -0.25) is 18.6 Å². The van der Waals surface area contributed by atoms with Crippen LogP contribution in [0, 0.1) is 12.3 Å². The maximum Gasteiger partial charge on any atom is -0.0784 e.